The highest BCUT2D eigenvalue weighted by atomic mass is 16.5. The van der Waals surface area contributed by atoms with Crippen LogP contribution in [0.1, 0.15) is 34.1 Å². The number of ether oxygens (including phenoxy) is 1. The molecule has 0 aliphatic heterocycles. The van der Waals surface area contributed by atoms with E-state index in [2.05, 4.69) is 21.3 Å². The van der Waals surface area contributed by atoms with Crippen molar-refractivity contribution in [2.75, 3.05) is 26.2 Å². The third kappa shape index (κ3) is 10.3. The quantitative estimate of drug-likeness (QED) is 0.323. The topological polar surface area (TPSA) is 143 Å². The Labute approximate surface area is 152 Å². The van der Waals surface area contributed by atoms with E-state index in [1.54, 1.807) is 13.8 Å². The Hall–Kier alpha value is -2.65. The molecule has 0 saturated heterocycles. The molecule has 0 aromatic carbocycles. The summed E-state index contributed by atoms with van der Waals surface area (Å²) in [7, 11) is 0. The zero-order chi connectivity index (χ0) is 20.1. The van der Waals surface area contributed by atoms with E-state index >= 15 is 0 Å². The molecule has 0 saturated carbocycles. The van der Waals surface area contributed by atoms with E-state index in [-0.39, 0.29) is 38.1 Å². The molecule has 26 heavy (non-hydrogen) atoms. The average molecular weight is 372 g/mol. The van der Waals surface area contributed by atoms with Gasteiger partial charge in [-0.3, -0.25) is 24.0 Å². The van der Waals surface area contributed by atoms with Gasteiger partial charge in [-0.1, -0.05) is 20.3 Å². The smallest absolute Gasteiger partial charge is 0.325 e. The van der Waals surface area contributed by atoms with Crippen molar-refractivity contribution in [1.29, 1.82) is 0 Å². The number of hydrogen-bond acceptors (Lipinski definition) is 6. The highest BCUT2D eigenvalue weighted by Gasteiger charge is 2.26. The number of rotatable bonds is 11. The predicted molar refractivity (Wildman–Crippen MR) is 92.7 cm³/mol. The van der Waals surface area contributed by atoms with Crippen LogP contribution < -0.4 is 21.3 Å². The molecule has 0 aliphatic carbocycles. The Morgan fingerprint density at radius 1 is 0.885 bits per heavy atom. The summed E-state index contributed by atoms with van der Waals surface area (Å²) in [5.74, 6) is -2.71. The minimum absolute atomic E-state index is 0.184. The van der Waals surface area contributed by atoms with Crippen LogP contribution in [0.15, 0.2) is 0 Å². The summed E-state index contributed by atoms with van der Waals surface area (Å²) in [6.45, 7) is 5.91. The van der Waals surface area contributed by atoms with Crippen LogP contribution in [0.5, 0.6) is 0 Å². The predicted octanol–water partition coefficient (Wildman–Crippen LogP) is -1.55. The minimum atomic E-state index is -0.853. The maximum atomic E-state index is 12.2. The normalized spacial score (nSPS) is 12.3. The molecule has 0 radical (unpaired) electrons. The molecule has 10 heteroatoms. The van der Waals surface area contributed by atoms with Gasteiger partial charge in [0.2, 0.25) is 23.6 Å². The molecule has 0 fully saturated rings. The summed E-state index contributed by atoms with van der Waals surface area (Å²) in [6.07, 6.45) is 0.618. The molecule has 0 unspecified atom stereocenters. The largest absolute Gasteiger partial charge is 0.465 e. The van der Waals surface area contributed by atoms with Gasteiger partial charge in [0.05, 0.1) is 19.7 Å². The third-order valence-electron chi connectivity index (χ3n) is 3.47. The molecular formula is C16H28N4O6. The number of amides is 4. The Balaban J connectivity index is 4.53. The van der Waals surface area contributed by atoms with Gasteiger partial charge in [0.15, 0.2) is 0 Å². The molecule has 0 spiro atoms. The van der Waals surface area contributed by atoms with Crippen LogP contribution in [-0.2, 0) is 28.7 Å². The van der Waals surface area contributed by atoms with Gasteiger partial charge in [0.25, 0.3) is 0 Å². The maximum absolute atomic E-state index is 12.2. The van der Waals surface area contributed by atoms with E-state index in [0.29, 0.717) is 6.42 Å². The second-order valence-corrected chi connectivity index (χ2v) is 5.64. The Kier molecular flexibility index (Phi) is 11.4. The van der Waals surface area contributed by atoms with Crippen molar-refractivity contribution >= 4 is 29.6 Å². The molecule has 0 heterocycles. The molecule has 0 aromatic heterocycles. The van der Waals surface area contributed by atoms with Gasteiger partial charge < -0.3 is 26.0 Å². The maximum Gasteiger partial charge on any atom is 0.325 e. The van der Waals surface area contributed by atoms with E-state index in [4.69, 9.17) is 4.74 Å². The van der Waals surface area contributed by atoms with Crippen molar-refractivity contribution in [1.82, 2.24) is 21.3 Å². The second-order valence-electron chi connectivity index (χ2n) is 5.64. The molecule has 0 rings (SSSR count). The second kappa shape index (κ2) is 12.7. The van der Waals surface area contributed by atoms with Gasteiger partial charge >= 0.3 is 5.97 Å². The average Bonchev–Trinajstić information content (AvgIpc) is 2.60. The van der Waals surface area contributed by atoms with E-state index in [1.807, 2.05) is 6.92 Å². The fraction of sp³-hybridized carbons (Fsp3) is 0.688. The van der Waals surface area contributed by atoms with Crippen molar-refractivity contribution in [2.24, 2.45) is 5.92 Å². The lowest BCUT2D eigenvalue weighted by Crippen LogP contribution is -2.53. The number of esters is 1. The Bertz CT molecular complexity index is 523. The molecule has 148 valence electrons. The van der Waals surface area contributed by atoms with E-state index < -0.39 is 29.7 Å². The van der Waals surface area contributed by atoms with Gasteiger partial charge in [0, 0.05) is 6.92 Å². The number of carbonyl (C=O) groups excluding carboxylic acids is 5. The lowest BCUT2D eigenvalue weighted by molar-refractivity contribution is -0.143. The molecule has 10 nitrogen and oxygen atoms in total. The fourth-order valence-electron chi connectivity index (χ4n) is 1.85. The molecule has 4 N–H and O–H groups in total. The monoisotopic (exact) mass is 372 g/mol. The molecule has 0 bridgehead atoms. The first-order valence-electron chi connectivity index (χ1n) is 8.45. The molecule has 2 atom stereocenters. The summed E-state index contributed by atoms with van der Waals surface area (Å²) < 4.78 is 4.73. The first kappa shape index (κ1) is 23.4. The molecule has 4 amide bonds. The molecular weight excluding hydrogens is 344 g/mol. The van der Waals surface area contributed by atoms with E-state index in [0.717, 1.165) is 0 Å². The fourth-order valence-corrected chi connectivity index (χ4v) is 1.85. The Morgan fingerprint density at radius 2 is 1.50 bits per heavy atom. The highest BCUT2D eigenvalue weighted by Crippen LogP contribution is 2.07. The van der Waals surface area contributed by atoms with Gasteiger partial charge in [-0.15, -0.1) is 0 Å². The van der Waals surface area contributed by atoms with E-state index in [9.17, 15) is 24.0 Å². The lowest BCUT2D eigenvalue weighted by Gasteiger charge is -2.23. The number of hydrogen-bond donors (Lipinski definition) is 4. The van der Waals surface area contributed by atoms with Gasteiger partial charge in [0.1, 0.15) is 12.6 Å². The molecule has 0 aromatic rings. The summed E-state index contributed by atoms with van der Waals surface area (Å²) in [5, 5.41) is 9.60. The van der Waals surface area contributed by atoms with Crippen LogP contribution in [0.25, 0.3) is 0 Å². The van der Waals surface area contributed by atoms with Crippen LogP contribution in [0.3, 0.4) is 0 Å². The first-order chi connectivity index (χ1) is 12.2. The first-order valence-corrected chi connectivity index (χ1v) is 8.45. The summed E-state index contributed by atoms with van der Waals surface area (Å²) in [4.78, 5) is 57.7. The van der Waals surface area contributed by atoms with Crippen LogP contribution >= 0.6 is 0 Å². The van der Waals surface area contributed by atoms with Crippen molar-refractivity contribution in [3.8, 4) is 0 Å². The zero-order valence-corrected chi connectivity index (χ0v) is 15.6. The van der Waals surface area contributed by atoms with Crippen molar-refractivity contribution in [3.05, 3.63) is 0 Å². The number of nitrogens with one attached hydrogen (secondary N) is 4. The van der Waals surface area contributed by atoms with Gasteiger partial charge in [-0.2, -0.15) is 0 Å². The van der Waals surface area contributed by atoms with Crippen LogP contribution in [0.4, 0.5) is 0 Å². The summed E-state index contributed by atoms with van der Waals surface area (Å²) in [5.41, 5.74) is 0. The standard InChI is InChI=1S/C16H28N4O6/c1-5-10(3)15(16(25)19-9-14(24)26-6-2)20-13(23)8-18-12(22)7-17-11(4)21/h10,15H,5-9H2,1-4H3,(H,17,21)(H,18,22)(H,19,25)(H,20,23)/t10-,15-/m0/s1. The van der Waals surface area contributed by atoms with Crippen molar-refractivity contribution in [3.63, 3.8) is 0 Å². The lowest BCUT2D eigenvalue weighted by atomic mass is 9.98. The Morgan fingerprint density at radius 3 is 2.04 bits per heavy atom. The zero-order valence-electron chi connectivity index (χ0n) is 15.6. The van der Waals surface area contributed by atoms with Gasteiger partial charge in [-0.05, 0) is 12.8 Å². The van der Waals surface area contributed by atoms with Crippen molar-refractivity contribution < 1.29 is 28.7 Å². The van der Waals surface area contributed by atoms with E-state index in [1.165, 1.54) is 6.92 Å². The van der Waals surface area contributed by atoms with Gasteiger partial charge in [-0.25, -0.2) is 0 Å². The summed E-state index contributed by atoms with van der Waals surface area (Å²) in [6, 6.07) is -0.853. The SMILES string of the molecule is CCOC(=O)CNC(=O)[C@@H](NC(=O)CNC(=O)CNC(C)=O)[C@@H](C)CC. The minimum Gasteiger partial charge on any atom is -0.465 e. The molecule has 0 aliphatic rings. The van der Waals surface area contributed by atoms with Crippen LogP contribution in [0.2, 0.25) is 0 Å². The summed E-state index contributed by atoms with van der Waals surface area (Å²) >= 11 is 0. The third-order valence-corrected chi connectivity index (χ3v) is 3.47. The van der Waals surface area contributed by atoms with Crippen LogP contribution in [0, 0.1) is 5.92 Å². The van der Waals surface area contributed by atoms with Crippen molar-refractivity contribution in [2.45, 2.75) is 40.2 Å². The number of carbonyl (C=O) groups is 5. The highest BCUT2D eigenvalue weighted by molar-refractivity contribution is 5.92. The van der Waals surface area contributed by atoms with Crippen LogP contribution in [-0.4, -0.2) is 61.9 Å².